The maximum atomic E-state index is 9.87. The lowest BCUT2D eigenvalue weighted by Gasteiger charge is -2.19. The molecule has 0 amide bonds. The van der Waals surface area contributed by atoms with Crippen LogP contribution in [0.2, 0.25) is 0 Å². The highest BCUT2D eigenvalue weighted by atomic mass is 79.9. The molecule has 134 valence electrons. The van der Waals surface area contributed by atoms with Crippen LogP contribution >= 0.6 is 15.9 Å². The quantitative estimate of drug-likeness (QED) is 0.502. The zero-order valence-corrected chi connectivity index (χ0v) is 16.3. The van der Waals surface area contributed by atoms with E-state index in [0.717, 1.165) is 28.1 Å². The summed E-state index contributed by atoms with van der Waals surface area (Å²) in [6.07, 6.45) is 0. The molecule has 0 spiro atoms. The standard InChI is InChI=1S/C19H24BrN3O2/c1-4-21-19(23-13(2)15-7-5-6-8-16(15)20)22-12-14-9-10-18(25-3)17(24)11-14/h5-11,13,24H,4,12H2,1-3H3,(H2,21,22,23). The number of phenolic OH excluding ortho intramolecular Hbond substituents is 1. The van der Waals surface area contributed by atoms with Crippen LogP contribution in [0.25, 0.3) is 0 Å². The molecule has 1 atom stereocenters. The molecule has 0 radical (unpaired) electrons. The zero-order valence-electron chi connectivity index (χ0n) is 14.7. The summed E-state index contributed by atoms with van der Waals surface area (Å²) in [6.45, 7) is 5.34. The Labute approximate surface area is 157 Å². The number of aromatic hydroxyl groups is 1. The van der Waals surface area contributed by atoms with Gasteiger partial charge < -0.3 is 20.5 Å². The fourth-order valence-electron chi connectivity index (χ4n) is 2.43. The first-order chi connectivity index (χ1) is 12.0. The van der Waals surface area contributed by atoms with E-state index in [1.165, 1.54) is 7.11 Å². The SMILES string of the molecule is CCNC(=NCc1ccc(OC)c(O)c1)NC(C)c1ccccc1Br. The van der Waals surface area contributed by atoms with E-state index < -0.39 is 0 Å². The number of aliphatic imine (C=N–C) groups is 1. The second kappa shape index (κ2) is 9.32. The number of ether oxygens (including phenoxy) is 1. The monoisotopic (exact) mass is 405 g/mol. The lowest BCUT2D eigenvalue weighted by Crippen LogP contribution is -2.38. The highest BCUT2D eigenvalue weighted by Gasteiger charge is 2.10. The second-order valence-electron chi connectivity index (χ2n) is 5.59. The Balaban J connectivity index is 2.10. The van der Waals surface area contributed by atoms with Gasteiger partial charge in [-0.25, -0.2) is 4.99 Å². The topological polar surface area (TPSA) is 65.9 Å². The number of nitrogens with one attached hydrogen (secondary N) is 2. The average molecular weight is 406 g/mol. The van der Waals surface area contributed by atoms with Crippen molar-refractivity contribution in [2.45, 2.75) is 26.4 Å². The smallest absolute Gasteiger partial charge is 0.192 e. The lowest BCUT2D eigenvalue weighted by atomic mass is 10.1. The van der Waals surface area contributed by atoms with Crippen molar-refractivity contribution in [1.82, 2.24) is 10.6 Å². The molecule has 25 heavy (non-hydrogen) atoms. The molecule has 0 bridgehead atoms. The van der Waals surface area contributed by atoms with Crippen LogP contribution in [0, 0.1) is 0 Å². The molecule has 0 heterocycles. The van der Waals surface area contributed by atoms with Crippen molar-refractivity contribution in [1.29, 1.82) is 0 Å². The van der Waals surface area contributed by atoms with Crippen molar-refractivity contribution in [3.05, 3.63) is 58.1 Å². The number of rotatable bonds is 6. The predicted octanol–water partition coefficient (Wildman–Crippen LogP) is 3.98. The molecule has 0 aliphatic carbocycles. The molecule has 1 unspecified atom stereocenters. The van der Waals surface area contributed by atoms with Crippen LogP contribution in [0.1, 0.15) is 31.0 Å². The number of hydrogen-bond donors (Lipinski definition) is 3. The Hall–Kier alpha value is -2.21. The number of phenols is 1. The van der Waals surface area contributed by atoms with Gasteiger partial charge in [0.15, 0.2) is 17.5 Å². The summed E-state index contributed by atoms with van der Waals surface area (Å²) in [5.74, 6) is 1.30. The molecule has 2 aromatic carbocycles. The van der Waals surface area contributed by atoms with E-state index in [9.17, 15) is 5.11 Å². The number of methoxy groups -OCH3 is 1. The zero-order chi connectivity index (χ0) is 18.2. The van der Waals surface area contributed by atoms with Gasteiger partial charge in [0.2, 0.25) is 0 Å². The van der Waals surface area contributed by atoms with Gasteiger partial charge in [0.1, 0.15) is 0 Å². The highest BCUT2D eigenvalue weighted by molar-refractivity contribution is 9.10. The van der Waals surface area contributed by atoms with Gasteiger partial charge in [-0.2, -0.15) is 0 Å². The summed E-state index contributed by atoms with van der Waals surface area (Å²) in [5, 5.41) is 16.5. The molecular formula is C19H24BrN3O2. The van der Waals surface area contributed by atoms with Crippen molar-refractivity contribution in [3.8, 4) is 11.5 Å². The molecule has 0 fully saturated rings. The Bertz CT molecular complexity index is 734. The summed E-state index contributed by atoms with van der Waals surface area (Å²) in [5.41, 5.74) is 2.07. The van der Waals surface area contributed by atoms with Gasteiger partial charge in [0, 0.05) is 11.0 Å². The maximum absolute atomic E-state index is 9.87. The summed E-state index contributed by atoms with van der Waals surface area (Å²) in [6, 6.07) is 13.5. The van der Waals surface area contributed by atoms with Crippen molar-refractivity contribution in [2.24, 2.45) is 4.99 Å². The highest BCUT2D eigenvalue weighted by Crippen LogP contribution is 2.26. The Kier molecular flexibility index (Phi) is 7.13. The number of halogens is 1. The minimum atomic E-state index is 0.0950. The number of nitrogens with zero attached hydrogens (tertiary/aromatic N) is 1. The first-order valence-corrected chi connectivity index (χ1v) is 8.99. The van der Waals surface area contributed by atoms with E-state index in [2.05, 4.69) is 44.5 Å². The fraction of sp³-hybridized carbons (Fsp3) is 0.316. The minimum absolute atomic E-state index is 0.0950. The summed E-state index contributed by atoms with van der Waals surface area (Å²) < 4.78 is 6.12. The van der Waals surface area contributed by atoms with Gasteiger partial charge >= 0.3 is 0 Å². The molecule has 3 N–H and O–H groups in total. The van der Waals surface area contributed by atoms with Crippen LogP contribution in [0.5, 0.6) is 11.5 Å². The van der Waals surface area contributed by atoms with Crippen molar-refractivity contribution < 1.29 is 9.84 Å². The average Bonchev–Trinajstić information content (AvgIpc) is 2.60. The number of hydrogen-bond acceptors (Lipinski definition) is 3. The van der Waals surface area contributed by atoms with Crippen molar-refractivity contribution in [2.75, 3.05) is 13.7 Å². The minimum Gasteiger partial charge on any atom is -0.504 e. The van der Waals surface area contributed by atoms with Crippen molar-refractivity contribution >= 4 is 21.9 Å². The third-order valence-electron chi connectivity index (χ3n) is 3.73. The predicted molar refractivity (Wildman–Crippen MR) is 105 cm³/mol. The molecule has 0 aromatic heterocycles. The third kappa shape index (κ3) is 5.39. The van der Waals surface area contributed by atoms with E-state index >= 15 is 0 Å². The number of benzene rings is 2. The van der Waals surface area contributed by atoms with Crippen LogP contribution in [-0.2, 0) is 6.54 Å². The van der Waals surface area contributed by atoms with Gasteiger partial charge in [-0.15, -0.1) is 0 Å². The normalized spacial score (nSPS) is 12.6. The Morgan fingerprint density at radius 2 is 2.04 bits per heavy atom. The molecule has 0 saturated heterocycles. The Morgan fingerprint density at radius 1 is 1.28 bits per heavy atom. The lowest BCUT2D eigenvalue weighted by molar-refractivity contribution is 0.373. The molecule has 2 aromatic rings. The van der Waals surface area contributed by atoms with E-state index in [4.69, 9.17) is 4.74 Å². The first kappa shape index (κ1) is 19.1. The molecule has 0 aliphatic heterocycles. The van der Waals surface area contributed by atoms with Crippen LogP contribution in [0.15, 0.2) is 51.9 Å². The molecule has 6 heteroatoms. The molecule has 0 aliphatic rings. The van der Waals surface area contributed by atoms with Gasteiger partial charge in [-0.3, -0.25) is 0 Å². The largest absolute Gasteiger partial charge is 0.504 e. The van der Waals surface area contributed by atoms with Crippen LogP contribution in [0.4, 0.5) is 0 Å². The van der Waals surface area contributed by atoms with Crippen LogP contribution in [-0.4, -0.2) is 24.7 Å². The summed E-state index contributed by atoms with van der Waals surface area (Å²) in [7, 11) is 1.53. The van der Waals surface area contributed by atoms with E-state index in [0.29, 0.717) is 12.3 Å². The fourth-order valence-corrected chi connectivity index (χ4v) is 3.06. The van der Waals surface area contributed by atoms with Crippen LogP contribution < -0.4 is 15.4 Å². The maximum Gasteiger partial charge on any atom is 0.192 e. The van der Waals surface area contributed by atoms with Gasteiger partial charge in [-0.05, 0) is 43.2 Å². The molecule has 5 nitrogen and oxygen atoms in total. The Morgan fingerprint density at radius 3 is 2.68 bits per heavy atom. The number of guanidine groups is 1. The molecule has 0 saturated carbocycles. The summed E-state index contributed by atoms with van der Waals surface area (Å²) in [4.78, 5) is 4.60. The molecular weight excluding hydrogens is 382 g/mol. The van der Waals surface area contributed by atoms with Crippen molar-refractivity contribution in [3.63, 3.8) is 0 Å². The van der Waals surface area contributed by atoms with Gasteiger partial charge in [0.05, 0.1) is 19.7 Å². The van der Waals surface area contributed by atoms with Gasteiger partial charge in [-0.1, -0.05) is 40.2 Å². The van der Waals surface area contributed by atoms with E-state index in [-0.39, 0.29) is 11.8 Å². The third-order valence-corrected chi connectivity index (χ3v) is 4.45. The van der Waals surface area contributed by atoms with E-state index in [1.54, 1.807) is 12.1 Å². The second-order valence-corrected chi connectivity index (χ2v) is 6.44. The van der Waals surface area contributed by atoms with E-state index in [1.807, 2.05) is 31.2 Å². The van der Waals surface area contributed by atoms with Gasteiger partial charge in [0.25, 0.3) is 0 Å². The van der Waals surface area contributed by atoms with Crippen LogP contribution in [0.3, 0.4) is 0 Å². The molecule has 2 rings (SSSR count). The summed E-state index contributed by atoms with van der Waals surface area (Å²) >= 11 is 3.58. The first-order valence-electron chi connectivity index (χ1n) is 8.20.